The third-order valence-electron chi connectivity index (χ3n) is 3.01. The zero-order valence-corrected chi connectivity index (χ0v) is 12.1. The van der Waals surface area contributed by atoms with Gasteiger partial charge in [0.2, 0.25) is 5.95 Å². The molecule has 0 aromatic carbocycles. The monoisotopic (exact) mass is 281 g/mol. The summed E-state index contributed by atoms with van der Waals surface area (Å²) in [5.74, 6) is -0.489. The topological polar surface area (TPSA) is 45.7 Å². The minimum atomic E-state index is -0.489. The number of carbonyl (C=O) groups excluding carboxylic acids is 1. The van der Waals surface area contributed by atoms with Crippen molar-refractivity contribution in [1.82, 2.24) is 9.88 Å². The Labute approximate surface area is 118 Å². The van der Waals surface area contributed by atoms with Crippen LogP contribution in [0.1, 0.15) is 20.8 Å². The van der Waals surface area contributed by atoms with E-state index < -0.39 is 11.5 Å². The molecule has 1 aliphatic heterocycles. The third-order valence-corrected chi connectivity index (χ3v) is 3.01. The van der Waals surface area contributed by atoms with Gasteiger partial charge in [0.15, 0.2) is 0 Å². The van der Waals surface area contributed by atoms with Gasteiger partial charge in [0.25, 0.3) is 0 Å². The fourth-order valence-corrected chi connectivity index (χ4v) is 2.06. The van der Waals surface area contributed by atoms with Crippen LogP contribution in [0.25, 0.3) is 0 Å². The van der Waals surface area contributed by atoms with Crippen LogP contribution in [0.5, 0.6) is 0 Å². The lowest BCUT2D eigenvalue weighted by molar-refractivity contribution is 0.0240. The van der Waals surface area contributed by atoms with Crippen LogP contribution < -0.4 is 4.90 Å². The Balaban J connectivity index is 1.91. The van der Waals surface area contributed by atoms with E-state index in [0.29, 0.717) is 26.2 Å². The molecule has 0 spiro atoms. The van der Waals surface area contributed by atoms with Crippen LogP contribution in [0, 0.1) is 5.95 Å². The SMILES string of the molecule is CC(C)(C)OC(=O)N1CCN(c2ccnc(F)c2)CC1. The molecule has 0 bridgehead atoms. The van der Waals surface area contributed by atoms with Gasteiger partial charge in [0, 0.05) is 44.1 Å². The summed E-state index contributed by atoms with van der Waals surface area (Å²) in [6.07, 6.45) is 1.16. The second kappa shape index (κ2) is 5.64. The molecule has 0 N–H and O–H groups in total. The van der Waals surface area contributed by atoms with E-state index in [9.17, 15) is 9.18 Å². The van der Waals surface area contributed by atoms with E-state index in [1.54, 1.807) is 11.0 Å². The molecule has 1 amide bonds. The van der Waals surface area contributed by atoms with Crippen LogP contribution in [-0.4, -0.2) is 47.8 Å². The van der Waals surface area contributed by atoms with E-state index in [-0.39, 0.29) is 6.09 Å². The first kappa shape index (κ1) is 14.6. The van der Waals surface area contributed by atoms with Crippen molar-refractivity contribution in [2.24, 2.45) is 0 Å². The normalized spacial score (nSPS) is 16.2. The smallest absolute Gasteiger partial charge is 0.410 e. The molecule has 1 fully saturated rings. The van der Waals surface area contributed by atoms with Crippen molar-refractivity contribution in [2.75, 3.05) is 31.1 Å². The summed E-state index contributed by atoms with van der Waals surface area (Å²) in [5.41, 5.74) is 0.309. The average molecular weight is 281 g/mol. The van der Waals surface area contributed by atoms with Gasteiger partial charge in [0.1, 0.15) is 5.60 Å². The number of aromatic nitrogens is 1. The molecule has 6 heteroatoms. The Morgan fingerprint density at radius 3 is 2.50 bits per heavy atom. The fraction of sp³-hybridized carbons (Fsp3) is 0.571. The highest BCUT2D eigenvalue weighted by atomic mass is 19.1. The molecule has 0 aliphatic carbocycles. The minimum Gasteiger partial charge on any atom is -0.444 e. The fourth-order valence-electron chi connectivity index (χ4n) is 2.06. The number of piperazine rings is 1. The summed E-state index contributed by atoms with van der Waals surface area (Å²) in [4.78, 5) is 19.2. The van der Waals surface area contributed by atoms with Crippen LogP contribution in [-0.2, 0) is 4.74 Å². The van der Waals surface area contributed by atoms with Gasteiger partial charge in [-0.25, -0.2) is 9.78 Å². The van der Waals surface area contributed by atoms with Gasteiger partial charge < -0.3 is 14.5 Å². The van der Waals surface area contributed by atoms with E-state index in [1.165, 1.54) is 12.3 Å². The number of carbonyl (C=O) groups is 1. The standard InChI is InChI=1S/C14H20FN3O2/c1-14(2,3)20-13(19)18-8-6-17(7-9-18)11-4-5-16-12(15)10-11/h4-5,10H,6-9H2,1-3H3. The number of hydrogen-bond donors (Lipinski definition) is 0. The Bertz CT molecular complexity index is 480. The molecule has 2 rings (SSSR count). The van der Waals surface area contributed by atoms with Crippen LogP contribution in [0.2, 0.25) is 0 Å². The van der Waals surface area contributed by atoms with Crippen LogP contribution in [0.4, 0.5) is 14.9 Å². The molecule has 110 valence electrons. The van der Waals surface area contributed by atoms with E-state index in [0.717, 1.165) is 5.69 Å². The molecule has 0 unspecified atom stereocenters. The number of hydrogen-bond acceptors (Lipinski definition) is 4. The summed E-state index contributed by atoms with van der Waals surface area (Å²) in [6, 6.07) is 3.18. The molecule has 5 nitrogen and oxygen atoms in total. The first-order chi connectivity index (χ1) is 9.35. The molecule has 0 saturated carbocycles. The summed E-state index contributed by atoms with van der Waals surface area (Å²) < 4.78 is 18.4. The number of nitrogens with zero attached hydrogens (tertiary/aromatic N) is 3. The second-order valence-corrected chi connectivity index (χ2v) is 5.79. The number of rotatable bonds is 1. The van der Waals surface area contributed by atoms with Crippen molar-refractivity contribution >= 4 is 11.8 Å². The Kier molecular flexibility index (Phi) is 4.11. The number of anilines is 1. The summed E-state index contributed by atoms with van der Waals surface area (Å²) >= 11 is 0. The number of pyridine rings is 1. The molecular weight excluding hydrogens is 261 g/mol. The molecule has 0 radical (unpaired) electrons. The highest BCUT2D eigenvalue weighted by Crippen LogP contribution is 2.17. The lowest BCUT2D eigenvalue weighted by Gasteiger charge is -2.36. The molecule has 1 aromatic heterocycles. The molecular formula is C14H20FN3O2. The lowest BCUT2D eigenvalue weighted by atomic mass is 10.2. The van der Waals surface area contributed by atoms with Crippen LogP contribution in [0.3, 0.4) is 0 Å². The zero-order chi connectivity index (χ0) is 14.8. The minimum absolute atomic E-state index is 0.293. The van der Waals surface area contributed by atoms with Crippen LogP contribution >= 0.6 is 0 Å². The first-order valence-electron chi connectivity index (χ1n) is 6.69. The Hall–Kier alpha value is -1.85. The highest BCUT2D eigenvalue weighted by molar-refractivity contribution is 5.68. The molecule has 1 saturated heterocycles. The van der Waals surface area contributed by atoms with Crippen molar-refractivity contribution in [3.63, 3.8) is 0 Å². The molecule has 20 heavy (non-hydrogen) atoms. The van der Waals surface area contributed by atoms with Gasteiger partial charge in [-0.05, 0) is 26.8 Å². The van der Waals surface area contributed by atoms with Crippen molar-refractivity contribution in [3.05, 3.63) is 24.3 Å². The lowest BCUT2D eigenvalue weighted by Crippen LogP contribution is -2.50. The van der Waals surface area contributed by atoms with Gasteiger partial charge in [0.05, 0.1) is 0 Å². The Morgan fingerprint density at radius 2 is 1.95 bits per heavy atom. The van der Waals surface area contributed by atoms with E-state index in [2.05, 4.69) is 4.98 Å². The van der Waals surface area contributed by atoms with Crippen molar-refractivity contribution in [2.45, 2.75) is 26.4 Å². The zero-order valence-electron chi connectivity index (χ0n) is 12.1. The van der Waals surface area contributed by atoms with Crippen LogP contribution in [0.15, 0.2) is 18.3 Å². The molecule has 1 aliphatic rings. The number of amides is 1. The van der Waals surface area contributed by atoms with E-state index >= 15 is 0 Å². The Morgan fingerprint density at radius 1 is 1.30 bits per heavy atom. The highest BCUT2D eigenvalue weighted by Gasteiger charge is 2.25. The van der Waals surface area contributed by atoms with Gasteiger partial charge in [-0.1, -0.05) is 0 Å². The summed E-state index contributed by atoms with van der Waals surface area (Å²) in [7, 11) is 0. The summed E-state index contributed by atoms with van der Waals surface area (Å²) in [6.45, 7) is 7.99. The quantitative estimate of drug-likeness (QED) is 0.741. The third kappa shape index (κ3) is 3.82. The summed E-state index contributed by atoms with van der Waals surface area (Å²) in [5, 5.41) is 0. The average Bonchev–Trinajstić information content (AvgIpc) is 2.37. The number of halogens is 1. The van der Waals surface area contributed by atoms with Crippen molar-refractivity contribution in [1.29, 1.82) is 0 Å². The molecule has 0 atom stereocenters. The van der Waals surface area contributed by atoms with E-state index in [1.807, 2.05) is 25.7 Å². The van der Waals surface area contributed by atoms with Gasteiger partial charge in [-0.3, -0.25) is 0 Å². The van der Waals surface area contributed by atoms with Crippen molar-refractivity contribution in [3.8, 4) is 0 Å². The largest absolute Gasteiger partial charge is 0.444 e. The molecule has 2 heterocycles. The maximum absolute atomic E-state index is 13.1. The van der Waals surface area contributed by atoms with Crippen molar-refractivity contribution < 1.29 is 13.9 Å². The maximum atomic E-state index is 13.1. The van der Waals surface area contributed by atoms with Gasteiger partial charge in [-0.2, -0.15) is 4.39 Å². The predicted octanol–water partition coefficient (Wildman–Crippen LogP) is 2.28. The van der Waals surface area contributed by atoms with E-state index in [4.69, 9.17) is 4.74 Å². The van der Waals surface area contributed by atoms with Gasteiger partial charge in [-0.15, -0.1) is 0 Å². The van der Waals surface area contributed by atoms with Gasteiger partial charge >= 0.3 is 6.09 Å². The maximum Gasteiger partial charge on any atom is 0.410 e. The predicted molar refractivity (Wildman–Crippen MR) is 74.2 cm³/mol. The second-order valence-electron chi connectivity index (χ2n) is 5.79. The molecule has 1 aromatic rings. The first-order valence-corrected chi connectivity index (χ1v) is 6.69. The number of ether oxygens (including phenoxy) is 1.